The van der Waals surface area contributed by atoms with Gasteiger partial charge >= 0.3 is 5.97 Å². The second-order valence-corrected chi connectivity index (χ2v) is 6.08. The van der Waals surface area contributed by atoms with Crippen molar-refractivity contribution in [3.8, 4) is 0 Å². The Kier molecular flexibility index (Phi) is 3.17. The van der Waals surface area contributed by atoms with Crippen molar-refractivity contribution in [2.45, 2.75) is 37.6 Å². The molecule has 1 aliphatic heterocycles. The predicted octanol–water partition coefficient (Wildman–Crippen LogP) is 3.52. The summed E-state index contributed by atoms with van der Waals surface area (Å²) in [7, 11) is 2.08. The number of rotatable bonds is 1. The fourth-order valence-corrected chi connectivity index (χ4v) is 4.01. The number of aliphatic carboxylic acids is 1. The molecule has 0 saturated heterocycles. The number of benzene rings is 1. The molecule has 1 aliphatic carbocycles. The second kappa shape index (κ2) is 4.71. The van der Waals surface area contributed by atoms with Crippen LogP contribution in [0.1, 0.15) is 37.2 Å². The zero-order chi connectivity index (χ0) is 13.6. The Labute approximate surface area is 118 Å². The summed E-state index contributed by atoms with van der Waals surface area (Å²) in [4.78, 5) is 14.0. The maximum Gasteiger partial charge on any atom is 0.311 e. The first-order chi connectivity index (χ1) is 9.09. The zero-order valence-electron chi connectivity index (χ0n) is 11.0. The first-order valence-electron chi connectivity index (χ1n) is 6.84. The third-order valence-electron chi connectivity index (χ3n) is 4.68. The van der Waals surface area contributed by atoms with E-state index in [1.165, 1.54) is 6.42 Å². The maximum absolute atomic E-state index is 11.7. The van der Waals surface area contributed by atoms with Crippen LogP contribution in [0, 0.1) is 5.92 Å². The summed E-state index contributed by atoms with van der Waals surface area (Å²) in [6.07, 6.45) is 4.42. The molecule has 0 amide bonds. The summed E-state index contributed by atoms with van der Waals surface area (Å²) in [5, 5.41) is 10.3. The van der Waals surface area contributed by atoms with Gasteiger partial charge in [-0.1, -0.05) is 24.4 Å². The Morgan fingerprint density at radius 2 is 2.11 bits per heavy atom. The quantitative estimate of drug-likeness (QED) is 0.855. The van der Waals surface area contributed by atoms with Crippen molar-refractivity contribution in [3.63, 3.8) is 0 Å². The predicted molar refractivity (Wildman–Crippen MR) is 76.0 cm³/mol. The van der Waals surface area contributed by atoms with Gasteiger partial charge in [-0.05, 0) is 42.5 Å². The molecule has 1 N–H and O–H groups in total. The molecule has 4 heteroatoms. The molecule has 3 rings (SSSR count). The number of carbonyl (C=O) groups is 1. The van der Waals surface area contributed by atoms with E-state index in [0.29, 0.717) is 11.1 Å². The van der Waals surface area contributed by atoms with Gasteiger partial charge in [-0.3, -0.25) is 4.79 Å². The largest absolute Gasteiger partial charge is 0.481 e. The van der Waals surface area contributed by atoms with Crippen LogP contribution in [0.25, 0.3) is 0 Å². The number of fused-ring (bicyclic) bond motifs is 2. The molecule has 1 aromatic carbocycles. The van der Waals surface area contributed by atoms with Crippen molar-refractivity contribution in [1.29, 1.82) is 0 Å². The molecule has 1 heterocycles. The molecule has 102 valence electrons. The van der Waals surface area contributed by atoms with E-state index in [9.17, 15) is 9.90 Å². The number of nitrogens with zero attached hydrogens (tertiary/aromatic N) is 1. The molecule has 1 fully saturated rings. The van der Waals surface area contributed by atoms with E-state index < -0.39 is 11.9 Å². The smallest absolute Gasteiger partial charge is 0.311 e. The van der Waals surface area contributed by atoms with Gasteiger partial charge in [0.2, 0.25) is 0 Å². The number of hydrogen-bond acceptors (Lipinski definition) is 2. The second-order valence-electron chi connectivity index (χ2n) is 5.65. The van der Waals surface area contributed by atoms with Gasteiger partial charge in [0, 0.05) is 23.8 Å². The van der Waals surface area contributed by atoms with Gasteiger partial charge in [-0.25, -0.2) is 0 Å². The van der Waals surface area contributed by atoms with Crippen LogP contribution < -0.4 is 4.90 Å². The Balaban J connectivity index is 2.13. The molecule has 0 aromatic heterocycles. The summed E-state index contributed by atoms with van der Waals surface area (Å²) < 4.78 is 0. The number of anilines is 1. The van der Waals surface area contributed by atoms with E-state index in [1.54, 1.807) is 0 Å². The van der Waals surface area contributed by atoms with E-state index in [1.807, 2.05) is 18.2 Å². The summed E-state index contributed by atoms with van der Waals surface area (Å²) in [6, 6.07) is 5.98. The monoisotopic (exact) mass is 279 g/mol. The van der Waals surface area contributed by atoms with Gasteiger partial charge in [0.15, 0.2) is 0 Å². The Bertz CT molecular complexity index is 517. The van der Waals surface area contributed by atoms with E-state index in [0.717, 1.165) is 30.5 Å². The summed E-state index contributed by atoms with van der Waals surface area (Å²) in [5.41, 5.74) is 1.91. The molecular formula is C15H18ClNO2. The standard InChI is InChI=1S/C15H18ClNO2/c1-17-12-5-3-2-4-10(12)14(15(18)19)11-8-9(16)6-7-13(11)17/h6-8,10,12,14H,2-5H2,1H3,(H,18,19). The van der Waals surface area contributed by atoms with Gasteiger partial charge in [0.1, 0.15) is 0 Å². The fraction of sp³-hybridized carbons (Fsp3) is 0.533. The van der Waals surface area contributed by atoms with Crippen LogP contribution in [0.4, 0.5) is 5.69 Å². The number of halogens is 1. The Morgan fingerprint density at radius 3 is 2.84 bits per heavy atom. The van der Waals surface area contributed by atoms with Gasteiger partial charge in [0.25, 0.3) is 0 Å². The fourth-order valence-electron chi connectivity index (χ4n) is 3.83. The van der Waals surface area contributed by atoms with Crippen LogP contribution in [0.15, 0.2) is 18.2 Å². The van der Waals surface area contributed by atoms with Crippen LogP contribution in [0.3, 0.4) is 0 Å². The first kappa shape index (κ1) is 12.8. The molecule has 2 aliphatic rings. The highest BCUT2D eigenvalue weighted by molar-refractivity contribution is 6.30. The molecule has 1 aromatic rings. The molecular weight excluding hydrogens is 262 g/mol. The topological polar surface area (TPSA) is 40.5 Å². The van der Waals surface area contributed by atoms with Crippen LogP contribution in [-0.2, 0) is 4.79 Å². The molecule has 3 atom stereocenters. The van der Waals surface area contributed by atoms with Crippen LogP contribution >= 0.6 is 11.6 Å². The van der Waals surface area contributed by atoms with Crippen molar-refractivity contribution in [2.75, 3.05) is 11.9 Å². The Hall–Kier alpha value is -1.22. The highest BCUT2D eigenvalue weighted by Gasteiger charge is 2.44. The molecule has 0 bridgehead atoms. The summed E-state index contributed by atoms with van der Waals surface area (Å²) in [5.74, 6) is -0.911. The molecule has 3 nitrogen and oxygen atoms in total. The third kappa shape index (κ3) is 2.00. The average molecular weight is 280 g/mol. The van der Waals surface area contributed by atoms with Crippen molar-refractivity contribution in [3.05, 3.63) is 28.8 Å². The van der Waals surface area contributed by atoms with Gasteiger partial charge in [0.05, 0.1) is 5.92 Å². The maximum atomic E-state index is 11.7. The lowest BCUT2D eigenvalue weighted by molar-refractivity contribution is -0.140. The summed E-state index contributed by atoms with van der Waals surface area (Å²) in [6.45, 7) is 0. The van der Waals surface area contributed by atoms with Gasteiger partial charge in [-0.15, -0.1) is 0 Å². The van der Waals surface area contributed by atoms with E-state index in [4.69, 9.17) is 11.6 Å². The van der Waals surface area contributed by atoms with E-state index in [2.05, 4.69) is 11.9 Å². The first-order valence-corrected chi connectivity index (χ1v) is 7.22. The van der Waals surface area contributed by atoms with Crippen LogP contribution in [-0.4, -0.2) is 24.2 Å². The Morgan fingerprint density at radius 1 is 1.37 bits per heavy atom. The molecule has 1 saturated carbocycles. The zero-order valence-corrected chi connectivity index (χ0v) is 11.7. The minimum Gasteiger partial charge on any atom is -0.481 e. The van der Waals surface area contributed by atoms with Crippen LogP contribution in [0.2, 0.25) is 5.02 Å². The van der Waals surface area contributed by atoms with E-state index >= 15 is 0 Å². The van der Waals surface area contributed by atoms with Gasteiger partial charge in [-0.2, -0.15) is 0 Å². The molecule has 0 radical (unpaired) electrons. The lowest BCUT2D eigenvalue weighted by atomic mass is 9.70. The number of carboxylic acid groups (broad SMARTS) is 1. The van der Waals surface area contributed by atoms with Crippen molar-refractivity contribution in [1.82, 2.24) is 0 Å². The number of carboxylic acids is 1. The minimum atomic E-state index is -0.714. The molecule has 3 unspecified atom stereocenters. The minimum absolute atomic E-state index is 0.210. The van der Waals surface area contributed by atoms with E-state index in [-0.39, 0.29) is 5.92 Å². The van der Waals surface area contributed by atoms with Crippen molar-refractivity contribution >= 4 is 23.3 Å². The lowest BCUT2D eigenvalue weighted by Crippen LogP contribution is -2.48. The van der Waals surface area contributed by atoms with Crippen molar-refractivity contribution in [2.24, 2.45) is 5.92 Å². The highest BCUT2D eigenvalue weighted by Crippen LogP contribution is 2.47. The SMILES string of the molecule is CN1c2ccc(Cl)cc2C(C(=O)O)C2CCCCC21. The van der Waals surface area contributed by atoms with Crippen LogP contribution in [0.5, 0.6) is 0 Å². The highest BCUT2D eigenvalue weighted by atomic mass is 35.5. The lowest BCUT2D eigenvalue weighted by Gasteiger charge is -2.47. The number of hydrogen-bond donors (Lipinski definition) is 1. The van der Waals surface area contributed by atoms with Gasteiger partial charge < -0.3 is 10.0 Å². The third-order valence-corrected chi connectivity index (χ3v) is 4.91. The normalized spacial score (nSPS) is 29.6. The molecule has 0 spiro atoms. The molecule has 19 heavy (non-hydrogen) atoms. The summed E-state index contributed by atoms with van der Waals surface area (Å²) >= 11 is 6.06. The van der Waals surface area contributed by atoms with Crippen molar-refractivity contribution < 1.29 is 9.90 Å². The average Bonchev–Trinajstić information content (AvgIpc) is 2.38.